The SMILES string of the molecule is CCCC.CCCC.CCCC.[Sn].c1ccc2sccc2c1. The Kier molecular flexibility index (Phi) is 28.4. The Hall–Kier alpha value is -0.0213. The minimum absolute atomic E-state index is 0. The van der Waals surface area contributed by atoms with E-state index in [1.54, 1.807) is 11.3 Å². The number of thiophene rings is 1. The van der Waals surface area contributed by atoms with Crippen LogP contribution < -0.4 is 0 Å². The van der Waals surface area contributed by atoms with Gasteiger partial charge in [-0.3, -0.25) is 0 Å². The van der Waals surface area contributed by atoms with Crippen LogP contribution in [0.1, 0.15) is 80.1 Å². The first-order chi connectivity index (χ1) is 10.2. The van der Waals surface area contributed by atoms with Gasteiger partial charge < -0.3 is 0 Å². The minimum atomic E-state index is 0. The van der Waals surface area contributed by atoms with E-state index in [9.17, 15) is 0 Å². The Morgan fingerprint density at radius 2 is 1.05 bits per heavy atom. The smallest absolute Gasteiger partial charge is 0.0342 e. The molecule has 0 aliphatic rings. The number of benzene rings is 1. The summed E-state index contributed by atoms with van der Waals surface area (Å²) in [7, 11) is 0. The molecular weight excluding hydrogens is 391 g/mol. The second-order valence-electron chi connectivity index (χ2n) is 4.96. The number of hydrogen-bond donors (Lipinski definition) is 0. The van der Waals surface area contributed by atoms with Crippen LogP contribution in [0.25, 0.3) is 10.1 Å². The molecule has 0 saturated carbocycles. The van der Waals surface area contributed by atoms with Crippen molar-refractivity contribution >= 4 is 45.3 Å². The van der Waals surface area contributed by atoms with Gasteiger partial charge in [0.05, 0.1) is 0 Å². The summed E-state index contributed by atoms with van der Waals surface area (Å²) in [4.78, 5) is 0. The van der Waals surface area contributed by atoms with Gasteiger partial charge in [0.25, 0.3) is 0 Å². The van der Waals surface area contributed by atoms with Crippen molar-refractivity contribution in [2.45, 2.75) is 80.1 Å². The van der Waals surface area contributed by atoms with Crippen LogP contribution in [0.3, 0.4) is 0 Å². The molecule has 0 unspecified atom stereocenters. The Balaban J connectivity index is -0.000000241. The van der Waals surface area contributed by atoms with Crippen molar-refractivity contribution in [3.63, 3.8) is 0 Å². The number of unbranched alkanes of at least 4 members (excludes halogenated alkanes) is 3. The van der Waals surface area contributed by atoms with Crippen molar-refractivity contribution in [2.75, 3.05) is 0 Å². The first-order valence-corrected chi connectivity index (χ1v) is 9.51. The van der Waals surface area contributed by atoms with Gasteiger partial charge in [-0.05, 0) is 22.9 Å². The van der Waals surface area contributed by atoms with Crippen LogP contribution in [0, 0.1) is 0 Å². The summed E-state index contributed by atoms with van der Waals surface area (Å²) in [5.74, 6) is 0. The van der Waals surface area contributed by atoms with Crippen molar-refractivity contribution in [1.29, 1.82) is 0 Å². The topological polar surface area (TPSA) is 0 Å². The van der Waals surface area contributed by atoms with Gasteiger partial charge in [0.15, 0.2) is 0 Å². The molecule has 0 saturated heterocycles. The molecular formula is C20H36SSn. The van der Waals surface area contributed by atoms with E-state index < -0.39 is 0 Å². The van der Waals surface area contributed by atoms with Crippen molar-refractivity contribution in [3.8, 4) is 0 Å². The molecule has 2 rings (SSSR count). The van der Waals surface area contributed by atoms with Gasteiger partial charge in [-0.2, -0.15) is 0 Å². The van der Waals surface area contributed by atoms with Gasteiger partial charge in [-0.1, -0.05) is 98.3 Å². The predicted molar refractivity (Wildman–Crippen MR) is 109 cm³/mol. The van der Waals surface area contributed by atoms with Crippen LogP contribution in [0.5, 0.6) is 0 Å². The zero-order chi connectivity index (χ0) is 16.3. The summed E-state index contributed by atoms with van der Waals surface area (Å²) in [5.41, 5.74) is 0. The fraction of sp³-hybridized carbons (Fsp3) is 0.600. The van der Waals surface area contributed by atoms with E-state index in [1.165, 1.54) is 48.6 Å². The fourth-order valence-corrected chi connectivity index (χ4v) is 1.70. The minimum Gasteiger partial charge on any atom is -0.144 e. The van der Waals surface area contributed by atoms with E-state index in [-0.39, 0.29) is 23.9 Å². The van der Waals surface area contributed by atoms with Gasteiger partial charge in [0.2, 0.25) is 0 Å². The molecule has 0 spiro atoms. The number of hydrogen-bond acceptors (Lipinski definition) is 1. The van der Waals surface area contributed by atoms with Gasteiger partial charge in [0, 0.05) is 28.6 Å². The first kappa shape index (κ1) is 26.9. The molecule has 1 aromatic carbocycles. The summed E-state index contributed by atoms with van der Waals surface area (Å²) in [6.45, 7) is 13.1. The molecule has 0 N–H and O–H groups in total. The number of fused-ring (bicyclic) bond motifs is 1. The van der Waals surface area contributed by atoms with Crippen molar-refractivity contribution < 1.29 is 0 Å². The maximum Gasteiger partial charge on any atom is 0.0342 e. The summed E-state index contributed by atoms with van der Waals surface area (Å²) in [5, 5.41) is 3.47. The van der Waals surface area contributed by atoms with Gasteiger partial charge in [0.1, 0.15) is 0 Å². The maximum absolute atomic E-state index is 2.18. The number of rotatable bonds is 3. The molecule has 1 heterocycles. The Bertz CT molecular complexity index is 350. The third-order valence-corrected chi connectivity index (χ3v) is 3.76. The standard InChI is InChI=1S/C8H6S.3C4H10.Sn/c1-2-4-8-7(3-1)5-6-9-8;3*1-3-4-2;/h1-6H;3*3-4H2,1-2H3;. The van der Waals surface area contributed by atoms with Crippen molar-refractivity contribution in [1.82, 2.24) is 0 Å². The van der Waals surface area contributed by atoms with Crippen LogP contribution in [0.2, 0.25) is 0 Å². The third kappa shape index (κ3) is 18.0. The summed E-state index contributed by atoms with van der Waals surface area (Å²) in [6.07, 6.45) is 7.92. The van der Waals surface area contributed by atoms with E-state index in [0.29, 0.717) is 0 Å². The monoisotopic (exact) mass is 428 g/mol. The Morgan fingerprint density at radius 3 is 1.41 bits per heavy atom. The maximum atomic E-state index is 2.18. The second-order valence-corrected chi connectivity index (χ2v) is 5.91. The van der Waals surface area contributed by atoms with Crippen LogP contribution in [0.4, 0.5) is 0 Å². The molecule has 0 amide bonds. The molecule has 1 aromatic heterocycles. The molecule has 2 heteroatoms. The molecule has 0 aliphatic carbocycles. The average Bonchev–Trinajstić information content (AvgIpc) is 3.04. The third-order valence-electron chi connectivity index (χ3n) is 2.86. The second kappa shape index (κ2) is 23.2. The van der Waals surface area contributed by atoms with Crippen molar-refractivity contribution in [2.24, 2.45) is 0 Å². The fourth-order valence-electron chi connectivity index (χ4n) is 0.906. The normalized spacial score (nSPS) is 8.27. The van der Waals surface area contributed by atoms with Gasteiger partial charge in [-0.25, -0.2) is 0 Å². The first-order valence-electron chi connectivity index (χ1n) is 8.63. The molecule has 22 heavy (non-hydrogen) atoms. The van der Waals surface area contributed by atoms with E-state index >= 15 is 0 Å². The predicted octanol–water partition coefficient (Wildman–Crippen LogP) is 7.94. The Morgan fingerprint density at radius 1 is 0.636 bits per heavy atom. The van der Waals surface area contributed by atoms with Gasteiger partial charge >= 0.3 is 0 Å². The van der Waals surface area contributed by atoms with E-state index in [2.05, 4.69) is 77.3 Å². The Labute approximate surface area is 160 Å². The molecule has 0 fully saturated rings. The van der Waals surface area contributed by atoms with Gasteiger partial charge in [-0.15, -0.1) is 11.3 Å². The molecule has 0 bridgehead atoms. The molecule has 4 radical (unpaired) electrons. The van der Waals surface area contributed by atoms with Crippen LogP contribution >= 0.6 is 11.3 Å². The molecule has 2 aromatic rings. The zero-order valence-corrected chi connectivity index (χ0v) is 19.3. The average molecular weight is 427 g/mol. The molecule has 0 nitrogen and oxygen atoms in total. The summed E-state index contributed by atoms with van der Waals surface area (Å²) >= 11 is 1.79. The molecule has 0 atom stereocenters. The van der Waals surface area contributed by atoms with Crippen LogP contribution in [0.15, 0.2) is 35.7 Å². The summed E-state index contributed by atoms with van der Waals surface area (Å²) < 4.78 is 1.37. The quantitative estimate of drug-likeness (QED) is 0.436. The van der Waals surface area contributed by atoms with E-state index in [1.807, 2.05) is 0 Å². The molecule has 0 aliphatic heterocycles. The van der Waals surface area contributed by atoms with Crippen molar-refractivity contribution in [3.05, 3.63) is 35.7 Å². The van der Waals surface area contributed by atoms with Crippen LogP contribution in [-0.4, -0.2) is 23.9 Å². The summed E-state index contributed by atoms with van der Waals surface area (Å²) in [6, 6.07) is 10.5. The molecule has 126 valence electrons. The van der Waals surface area contributed by atoms with E-state index in [0.717, 1.165) is 0 Å². The zero-order valence-electron chi connectivity index (χ0n) is 15.6. The van der Waals surface area contributed by atoms with Crippen LogP contribution in [-0.2, 0) is 0 Å². The largest absolute Gasteiger partial charge is 0.144 e. The van der Waals surface area contributed by atoms with E-state index in [4.69, 9.17) is 0 Å².